The minimum absolute atomic E-state index is 0.408. The van der Waals surface area contributed by atoms with Crippen molar-refractivity contribution in [2.24, 2.45) is 5.92 Å². The van der Waals surface area contributed by atoms with Gasteiger partial charge in [-0.2, -0.15) is 0 Å². The maximum Gasteiger partial charge on any atom is 0.186 e. The maximum atomic E-state index is 6.03. The van der Waals surface area contributed by atoms with E-state index in [1.165, 1.54) is 12.8 Å². The third-order valence-corrected chi connectivity index (χ3v) is 3.93. The Balaban J connectivity index is 1.96. The zero-order chi connectivity index (χ0) is 14.8. The highest BCUT2D eigenvalue weighted by atomic mass is 16.5. The quantitative estimate of drug-likeness (QED) is 0.826. The number of benzene rings is 1. The van der Waals surface area contributed by atoms with Crippen molar-refractivity contribution in [3.05, 3.63) is 18.2 Å². The fraction of sp³-hybridized carbons (Fsp3) is 0.533. The topological polar surface area (TPSA) is 78.9 Å². The van der Waals surface area contributed by atoms with Gasteiger partial charge in [0, 0.05) is 0 Å². The van der Waals surface area contributed by atoms with Gasteiger partial charge in [0.15, 0.2) is 11.6 Å². The van der Waals surface area contributed by atoms with Crippen molar-refractivity contribution in [3.8, 4) is 17.1 Å². The lowest BCUT2D eigenvalue weighted by Crippen LogP contribution is -2.05. The van der Waals surface area contributed by atoms with Crippen LogP contribution in [0.4, 0.5) is 5.69 Å². The van der Waals surface area contributed by atoms with Crippen LogP contribution in [0.5, 0.6) is 5.75 Å². The zero-order valence-corrected chi connectivity index (χ0v) is 12.5. The Morgan fingerprint density at radius 1 is 1.38 bits per heavy atom. The van der Waals surface area contributed by atoms with E-state index in [1.54, 1.807) is 0 Å². The predicted molar refractivity (Wildman–Crippen MR) is 80.9 cm³/mol. The minimum Gasteiger partial charge on any atom is -0.491 e. The average Bonchev–Trinajstić information content (AvgIpc) is 3.07. The van der Waals surface area contributed by atoms with Gasteiger partial charge in [-0.1, -0.05) is 19.4 Å². The number of para-hydroxylation sites is 1. The third kappa shape index (κ3) is 2.57. The number of ether oxygens (including phenoxy) is 1. The molecule has 112 valence electrons. The van der Waals surface area contributed by atoms with Gasteiger partial charge in [-0.15, -0.1) is 5.10 Å². The molecule has 1 aliphatic rings. The fourth-order valence-corrected chi connectivity index (χ4v) is 2.84. The van der Waals surface area contributed by atoms with E-state index in [1.807, 2.05) is 29.8 Å². The van der Waals surface area contributed by atoms with E-state index in [4.69, 9.17) is 10.5 Å². The molecule has 0 saturated heterocycles. The highest BCUT2D eigenvalue weighted by Crippen LogP contribution is 2.48. The number of hydrogen-bond donors (Lipinski definition) is 1. The van der Waals surface area contributed by atoms with E-state index < -0.39 is 0 Å². The van der Waals surface area contributed by atoms with E-state index in [0.717, 1.165) is 17.8 Å². The van der Waals surface area contributed by atoms with Gasteiger partial charge in [0.2, 0.25) is 0 Å². The summed E-state index contributed by atoms with van der Waals surface area (Å²) in [7, 11) is 0. The Labute approximate surface area is 124 Å². The summed E-state index contributed by atoms with van der Waals surface area (Å²) in [5.74, 6) is 2.10. The Morgan fingerprint density at radius 2 is 2.24 bits per heavy atom. The van der Waals surface area contributed by atoms with Crippen molar-refractivity contribution in [2.45, 2.75) is 39.2 Å². The first-order valence-corrected chi connectivity index (χ1v) is 7.55. The number of tetrazole rings is 1. The smallest absolute Gasteiger partial charge is 0.186 e. The molecule has 0 spiro atoms. The molecule has 0 amide bonds. The molecule has 1 saturated carbocycles. The first-order valence-electron chi connectivity index (χ1n) is 7.55. The fourth-order valence-electron chi connectivity index (χ4n) is 2.84. The third-order valence-electron chi connectivity index (χ3n) is 3.93. The van der Waals surface area contributed by atoms with Crippen LogP contribution in [0, 0.1) is 5.92 Å². The molecule has 0 aliphatic heterocycles. The Kier molecular flexibility index (Phi) is 3.77. The van der Waals surface area contributed by atoms with Gasteiger partial charge in [0.1, 0.15) is 0 Å². The number of nitrogen functional groups attached to an aromatic ring is 1. The number of rotatable bonds is 6. The van der Waals surface area contributed by atoms with Crippen LogP contribution in [0.15, 0.2) is 18.2 Å². The molecule has 1 aliphatic carbocycles. The highest BCUT2D eigenvalue weighted by Gasteiger charge is 2.40. The summed E-state index contributed by atoms with van der Waals surface area (Å²) in [6.07, 6.45) is 3.57. The normalized spacial score (nSPS) is 20.5. The molecule has 1 aromatic carbocycles. The second-order valence-electron chi connectivity index (χ2n) is 5.46. The molecule has 6 heteroatoms. The van der Waals surface area contributed by atoms with Crippen molar-refractivity contribution in [1.29, 1.82) is 0 Å². The van der Waals surface area contributed by atoms with Gasteiger partial charge >= 0.3 is 0 Å². The van der Waals surface area contributed by atoms with Gasteiger partial charge in [-0.3, -0.25) is 0 Å². The molecule has 1 heterocycles. The predicted octanol–water partition coefficient (Wildman–Crippen LogP) is 2.68. The van der Waals surface area contributed by atoms with Crippen molar-refractivity contribution >= 4 is 5.69 Å². The molecule has 1 fully saturated rings. The zero-order valence-electron chi connectivity index (χ0n) is 12.5. The summed E-state index contributed by atoms with van der Waals surface area (Å²) in [5.41, 5.74) is 7.51. The SMILES string of the molecule is CCCC1CC1n1nnnc1-c1cccc(N)c1OCC. The standard InChI is InChI=1S/C15H21N5O/c1-3-6-10-9-13(10)20-15(17-18-19-20)11-7-5-8-12(16)14(11)21-4-2/h5,7-8,10,13H,3-4,6,9,16H2,1-2H3. The van der Waals surface area contributed by atoms with Gasteiger partial charge in [0.05, 0.1) is 23.9 Å². The monoisotopic (exact) mass is 287 g/mol. The molecule has 1 aromatic heterocycles. The van der Waals surface area contributed by atoms with E-state index in [0.29, 0.717) is 30.0 Å². The largest absolute Gasteiger partial charge is 0.491 e. The highest BCUT2D eigenvalue weighted by molar-refractivity contribution is 5.73. The number of hydrogen-bond acceptors (Lipinski definition) is 5. The molecule has 2 atom stereocenters. The molecule has 2 unspecified atom stereocenters. The molecular weight excluding hydrogens is 266 g/mol. The second kappa shape index (κ2) is 5.71. The number of nitrogens with zero attached hydrogens (tertiary/aromatic N) is 4. The molecule has 6 nitrogen and oxygen atoms in total. The summed E-state index contributed by atoms with van der Waals surface area (Å²) in [4.78, 5) is 0. The van der Waals surface area contributed by atoms with Crippen molar-refractivity contribution in [3.63, 3.8) is 0 Å². The summed E-state index contributed by atoms with van der Waals surface area (Å²) in [6.45, 7) is 4.71. The lowest BCUT2D eigenvalue weighted by molar-refractivity contribution is 0.343. The minimum atomic E-state index is 0.408. The number of nitrogens with two attached hydrogens (primary N) is 1. The first kappa shape index (κ1) is 13.9. The van der Waals surface area contributed by atoms with E-state index in [-0.39, 0.29) is 0 Å². The van der Waals surface area contributed by atoms with E-state index >= 15 is 0 Å². The summed E-state index contributed by atoms with van der Waals surface area (Å²) < 4.78 is 7.62. The van der Waals surface area contributed by atoms with Crippen LogP contribution >= 0.6 is 0 Å². The van der Waals surface area contributed by atoms with E-state index in [9.17, 15) is 0 Å². The summed E-state index contributed by atoms with van der Waals surface area (Å²) in [6, 6.07) is 6.11. The van der Waals surface area contributed by atoms with Crippen LogP contribution in [-0.2, 0) is 0 Å². The van der Waals surface area contributed by atoms with Crippen LogP contribution < -0.4 is 10.5 Å². The first-order chi connectivity index (χ1) is 10.3. The van der Waals surface area contributed by atoms with Crippen LogP contribution in [0.3, 0.4) is 0 Å². The number of anilines is 1. The Hall–Kier alpha value is -2.11. The van der Waals surface area contributed by atoms with Crippen molar-refractivity contribution < 1.29 is 4.74 Å². The molecule has 2 aromatic rings. The van der Waals surface area contributed by atoms with E-state index in [2.05, 4.69) is 22.4 Å². The molecule has 3 rings (SSSR count). The summed E-state index contributed by atoms with van der Waals surface area (Å²) >= 11 is 0. The van der Waals surface area contributed by atoms with Crippen LogP contribution in [0.25, 0.3) is 11.4 Å². The van der Waals surface area contributed by atoms with Crippen LogP contribution in [0.2, 0.25) is 0 Å². The molecule has 0 radical (unpaired) electrons. The second-order valence-corrected chi connectivity index (χ2v) is 5.46. The molecule has 2 N–H and O–H groups in total. The lowest BCUT2D eigenvalue weighted by Gasteiger charge is -2.12. The van der Waals surface area contributed by atoms with Gasteiger partial charge < -0.3 is 10.5 Å². The van der Waals surface area contributed by atoms with Crippen LogP contribution in [0.1, 0.15) is 39.2 Å². The Bertz CT molecular complexity index is 624. The summed E-state index contributed by atoms with van der Waals surface area (Å²) in [5, 5.41) is 12.2. The van der Waals surface area contributed by atoms with Crippen molar-refractivity contribution in [2.75, 3.05) is 12.3 Å². The lowest BCUT2D eigenvalue weighted by atomic mass is 10.1. The van der Waals surface area contributed by atoms with Gasteiger partial charge in [-0.05, 0) is 48.2 Å². The van der Waals surface area contributed by atoms with Crippen molar-refractivity contribution in [1.82, 2.24) is 20.2 Å². The molecule has 0 bridgehead atoms. The number of aromatic nitrogens is 4. The molecular formula is C15H21N5O. The molecule has 21 heavy (non-hydrogen) atoms. The maximum absolute atomic E-state index is 6.03. The van der Waals surface area contributed by atoms with Crippen LogP contribution in [-0.4, -0.2) is 26.8 Å². The Morgan fingerprint density at radius 3 is 3.00 bits per heavy atom. The van der Waals surface area contributed by atoms with Gasteiger partial charge in [-0.25, -0.2) is 4.68 Å². The van der Waals surface area contributed by atoms with Gasteiger partial charge in [0.25, 0.3) is 0 Å². The average molecular weight is 287 g/mol.